The maximum atomic E-state index is 15.0. The number of rotatable bonds is 4. The lowest BCUT2D eigenvalue weighted by atomic mass is 9.64. The van der Waals surface area contributed by atoms with Crippen molar-refractivity contribution in [2.24, 2.45) is 5.41 Å². The molecule has 1 spiro atoms. The Morgan fingerprint density at radius 2 is 2.03 bits per heavy atom. The molecule has 0 amide bonds. The van der Waals surface area contributed by atoms with Crippen LogP contribution in [0.2, 0.25) is 5.15 Å². The summed E-state index contributed by atoms with van der Waals surface area (Å²) in [5.41, 5.74) is -0.241. The maximum absolute atomic E-state index is 15.0. The highest BCUT2D eigenvalue weighted by molar-refractivity contribution is 6.30. The minimum atomic E-state index is -0.863. The smallest absolute Gasteiger partial charge is 0.319 e. The Morgan fingerprint density at radius 1 is 1.18 bits per heavy atom. The number of aromatic nitrogens is 3. The highest BCUT2D eigenvalue weighted by Crippen LogP contribution is 2.49. The van der Waals surface area contributed by atoms with E-state index in [1.54, 1.807) is 0 Å². The van der Waals surface area contributed by atoms with Gasteiger partial charge in [0.15, 0.2) is 11.0 Å². The summed E-state index contributed by atoms with van der Waals surface area (Å²) < 4.78 is 35.2. The lowest BCUT2D eigenvalue weighted by Crippen LogP contribution is -2.53. The number of piperidine rings is 1. The molecule has 0 aromatic carbocycles. The van der Waals surface area contributed by atoms with Crippen LogP contribution < -0.4 is 9.64 Å². The van der Waals surface area contributed by atoms with Gasteiger partial charge in [0.1, 0.15) is 24.1 Å². The van der Waals surface area contributed by atoms with E-state index in [0.717, 1.165) is 51.6 Å². The summed E-state index contributed by atoms with van der Waals surface area (Å²) in [4.78, 5) is 17.1. The number of aliphatic hydroxyl groups is 1. The van der Waals surface area contributed by atoms with Crippen molar-refractivity contribution in [1.29, 1.82) is 0 Å². The second kappa shape index (κ2) is 7.85. The van der Waals surface area contributed by atoms with Crippen LogP contribution in [0.1, 0.15) is 44.9 Å². The summed E-state index contributed by atoms with van der Waals surface area (Å²) >= 11 is 5.96. The van der Waals surface area contributed by atoms with Crippen molar-refractivity contribution < 1.29 is 18.6 Å². The number of halogens is 3. The van der Waals surface area contributed by atoms with Gasteiger partial charge in [-0.25, -0.2) is 13.8 Å². The van der Waals surface area contributed by atoms with Gasteiger partial charge in [0.05, 0.1) is 17.0 Å². The summed E-state index contributed by atoms with van der Waals surface area (Å²) in [5, 5.41) is 10.8. The third kappa shape index (κ3) is 3.63. The number of alkyl halides is 1. The Kier molecular flexibility index (Phi) is 5.16. The molecule has 0 radical (unpaired) electrons. The van der Waals surface area contributed by atoms with Gasteiger partial charge in [-0.2, -0.15) is 9.97 Å². The zero-order chi connectivity index (χ0) is 22.8. The van der Waals surface area contributed by atoms with Crippen molar-refractivity contribution in [2.45, 2.75) is 62.8 Å². The van der Waals surface area contributed by atoms with Crippen LogP contribution in [0.5, 0.6) is 6.01 Å². The highest BCUT2D eigenvalue weighted by Gasteiger charge is 2.49. The number of ether oxygens (including phenoxy) is 1. The largest absolute Gasteiger partial charge is 0.461 e. The number of aliphatic hydroxyl groups excluding tert-OH is 1. The Bertz CT molecular complexity index is 1090. The molecule has 178 valence electrons. The van der Waals surface area contributed by atoms with Crippen molar-refractivity contribution in [3.63, 3.8) is 0 Å². The van der Waals surface area contributed by atoms with Crippen LogP contribution in [0.15, 0.2) is 6.20 Å². The van der Waals surface area contributed by atoms with Gasteiger partial charge in [-0.3, -0.25) is 4.90 Å². The van der Waals surface area contributed by atoms with Gasteiger partial charge in [0, 0.05) is 32.3 Å². The number of hydrogen-bond acceptors (Lipinski definition) is 7. The molecule has 2 aromatic rings. The normalized spacial score (nSPS) is 31.2. The predicted octanol–water partition coefficient (Wildman–Crippen LogP) is 3.51. The number of anilines is 1. The first kappa shape index (κ1) is 21.7. The van der Waals surface area contributed by atoms with E-state index in [1.165, 1.54) is 6.20 Å². The molecule has 4 aliphatic rings. The topological polar surface area (TPSA) is 74.6 Å². The molecule has 3 atom stereocenters. The SMILES string of the molecule is OC1CN(c2nc(OC[C@@]34CCCN3C[C@H](F)C4)nc3c(F)c(Cl)ncc23)CC2(CCC2)C1. The van der Waals surface area contributed by atoms with Gasteiger partial charge in [-0.15, -0.1) is 0 Å². The molecule has 5 heterocycles. The average molecular weight is 480 g/mol. The Morgan fingerprint density at radius 3 is 2.82 bits per heavy atom. The van der Waals surface area contributed by atoms with Crippen molar-refractivity contribution >= 4 is 28.3 Å². The van der Waals surface area contributed by atoms with Crippen molar-refractivity contribution in [3.8, 4) is 6.01 Å². The van der Waals surface area contributed by atoms with Gasteiger partial charge in [-0.05, 0) is 44.1 Å². The minimum absolute atomic E-state index is 0.0462. The van der Waals surface area contributed by atoms with Gasteiger partial charge < -0.3 is 14.7 Å². The van der Waals surface area contributed by atoms with E-state index in [-0.39, 0.29) is 34.2 Å². The molecule has 7 nitrogen and oxygen atoms in total. The molecule has 6 rings (SSSR count). The van der Waals surface area contributed by atoms with E-state index in [0.29, 0.717) is 30.7 Å². The number of pyridine rings is 1. The van der Waals surface area contributed by atoms with Crippen LogP contribution in [0.3, 0.4) is 0 Å². The molecule has 1 aliphatic carbocycles. The molecule has 4 fully saturated rings. The fourth-order valence-corrected chi connectivity index (χ4v) is 6.64. The second-order valence-corrected chi connectivity index (χ2v) is 10.8. The Labute approximate surface area is 196 Å². The van der Waals surface area contributed by atoms with Crippen molar-refractivity contribution in [3.05, 3.63) is 17.2 Å². The van der Waals surface area contributed by atoms with E-state index < -0.39 is 18.1 Å². The van der Waals surface area contributed by atoms with E-state index in [2.05, 4.69) is 19.9 Å². The zero-order valence-electron chi connectivity index (χ0n) is 18.4. The lowest BCUT2D eigenvalue weighted by molar-refractivity contribution is 0.0238. The third-order valence-corrected chi connectivity index (χ3v) is 8.44. The van der Waals surface area contributed by atoms with Gasteiger partial charge in [-0.1, -0.05) is 18.0 Å². The predicted molar refractivity (Wildman–Crippen MR) is 120 cm³/mol. The molecule has 3 aliphatic heterocycles. The first-order valence-electron chi connectivity index (χ1n) is 11.8. The van der Waals surface area contributed by atoms with Crippen LogP contribution in [0.4, 0.5) is 14.6 Å². The number of nitrogens with zero attached hydrogens (tertiary/aromatic N) is 5. The summed E-state index contributed by atoms with van der Waals surface area (Å²) in [6.45, 7) is 2.68. The lowest BCUT2D eigenvalue weighted by Gasteiger charge is -2.50. The van der Waals surface area contributed by atoms with Crippen molar-refractivity contribution in [1.82, 2.24) is 19.9 Å². The molecule has 3 saturated heterocycles. The summed E-state index contributed by atoms with van der Waals surface area (Å²) in [5.74, 6) is -0.220. The summed E-state index contributed by atoms with van der Waals surface area (Å²) in [7, 11) is 0. The second-order valence-electron chi connectivity index (χ2n) is 10.4. The molecular weight excluding hydrogens is 452 g/mol. The molecule has 1 saturated carbocycles. The van der Waals surface area contributed by atoms with Gasteiger partial charge >= 0.3 is 6.01 Å². The zero-order valence-corrected chi connectivity index (χ0v) is 19.2. The van der Waals surface area contributed by atoms with E-state index >= 15 is 0 Å². The Balaban J connectivity index is 1.36. The molecule has 1 N–H and O–H groups in total. The first-order chi connectivity index (χ1) is 15.9. The monoisotopic (exact) mass is 479 g/mol. The van der Waals surface area contributed by atoms with Gasteiger partial charge in [0.2, 0.25) is 0 Å². The van der Waals surface area contributed by atoms with Crippen LogP contribution >= 0.6 is 11.6 Å². The maximum Gasteiger partial charge on any atom is 0.319 e. The standard InChI is InChI=1S/C23H28ClF2N5O2/c24-19-17(26)18-16(9-27-19)20(30-11-15(32)8-22(12-30)3-1-4-22)29-21(28-18)33-13-23-5-2-6-31(23)10-14(25)7-23/h9,14-15,32H,1-8,10-13H2/t14-,15?,23+/m1/s1. The molecule has 0 bridgehead atoms. The fourth-order valence-electron chi connectivity index (χ4n) is 6.51. The van der Waals surface area contributed by atoms with Crippen LogP contribution in [0.25, 0.3) is 10.9 Å². The number of fused-ring (bicyclic) bond motifs is 2. The summed E-state index contributed by atoms with van der Waals surface area (Å²) in [6, 6.07) is 0.0462. The van der Waals surface area contributed by atoms with E-state index in [4.69, 9.17) is 16.3 Å². The van der Waals surface area contributed by atoms with E-state index in [1.807, 2.05) is 4.90 Å². The van der Waals surface area contributed by atoms with Crippen LogP contribution in [-0.4, -0.2) is 75.6 Å². The average Bonchev–Trinajstić information content (AvgIpc) is 3.28. The van der Waals surface area contributed by atoms with E-state index in [9.17, 15) is 13.9 Å². The molecule has 1 unspecified atom stereocenters. The number of β-amino-alcohol motifs (C(OH)–C–C–N with tert-alkyl or cyclic N) is 1. The molecule has 2 aromatic heterocycles. The van der Waals surface area contributed by atoms with Crippen molar-refractivity contribution in [2.75, 3.05) is 37.7 Å². The fraction of sp³-hybridized carbons (Fsp3) is 0.696. The highest BCUT2D eigenvalue weighted by atomic mass is 35.5. The molecule has 33 heavy (non-hydrogen) atoms. The summed E-state index contributed by atoms with van der Waals surface area (Å²) in [6.07, 6.45) is 6.48. The van der Waals surface area contributed by atoms with Gasteiger partial charge in [0.25, 0.3) is 0 Å². The molecule has 10 heteroatoms. The minimum Gasteiger partial charge on any atom is -0.461 e. The number of hydrogen-bond donors (Lipinski definition) is 1. The first-order valence-corrected chi connectivity index (χ1v) is 12.2. The quantitative estimate of drug-likeness (QED) is 0.672. The van der Waals surface area contributed by atoms with Crippen LogP contribution in [0, 0.1) is 11.2 Å². The third-order valence-electron chi connectivity index (χ3n) is 8.17. The Hall–Kier alpha value is -1.84. The molecular formula is C23H28ClF2N5O2. The van der Waals surface area contributed by atoms with Crippen LogP contribution in [-0.2, 0) is 0 Å².